The number of halogens is 6. The zero-order valence-corrected chi connectivity index (χ0v) is 12.3. The van der Waals surface area contributed by atoms with Gasteiger partial charge in [0.2, 0.25) is 0 Å². The molecule has 2 aromatic carbocycles. The molecule has 0 atom stereocenters. The van der Waals surface area contributed by atoms with Gasteiger partial charge in [0.05, 0.1) is 17.3 Å². The minimum Gasteiger partial charge on any atom is -0.411 e. The van der Waals surface area contributed by atoms with Crippen LogP contribution in [-0.2, 0) is 12.4 Å². The minimum absolute atomic E-state index is 0.155. The van der Waals surface area contributed by atoms with Crippen LogP contribution in [0.15, 0.2) is 53.7 Å². The van der Waals surface area contributed by atoms with Crippen molar-refractivity contribution in [3.8, 4) is 0 Å². The third-order valence-corrected chi connectivity index (χ3v) is 2.86. The molecule has 0 heterocycles. The SMILES string of the molecule is O=Cc1ccccc1C(F)(F)F.ON=Cc1ccccc1C(F)(F)F. The number of rotatable bonds is 2. The van der Waals surface area contributed by atoms with E-state index in [1.807, 2.05) is 0 Å². The number of benzene rings is 2. The van der Waals surface area contributed by atoms with Gasteiger partial charge >= 0.3 is 12.4 Å². The molecule has 0 amide bonds. The predicted molar refractivity (Wildman–Crippen MR) is 77.7 cm³/mol. The molecule has 0 aliphatic heterocycles. The molecule has 0 saturated heterocycles. The van der Waals surface area contributed by atoms with Crippen molar-refractivity contribution in [3.05, 3.63) is 70.8 Å². The Morgan fingerprint density at radius 1 is 0.760 bits per heavy atom. The Balaban J connectivity index is 0.000000251. The Morgan fingerprint density at radius 3 is 1.52 bits per heavy atom. The van der Waals surface area contributed by atoms with E-state index in [1.54, 1.807) is 0 Å². The quantitative estimate of drug-likeness (QED) is 0.267. The van der Waals surface area contributed by atoms with E-state index in [-0.39, 0.29) is 17.4 Å². The normalized spacial score (nSPS) is 11.8. The molecule has 25 heavy (non-hydrogen) atoms. The van der Waals surface area contributed by atoms with Crippen LogP contribution in [0.4, 0.5) is 26.3 Å². The molecule has 0 aliphatic rings. The van der Waals surface area contributed by atoms with E-state index in [0.29, 0.717) is 0 Å². The second-order valence-corrected chi connectivity index (χ2v) is 4.53. The lowest BCUT2D eigenvalue weighted by Crippen LogP contribution is -2.08. The fraction of sp³-hybridized carbons (Fsp3) is 0.125. The van der Waals surface area contributed by atoms with Crippen LogP contribution in [-0.4, -0.2) is 17.7 Å². The third-order valence-electron chi connectivity index (χ3n) is 2.86. The Morgan fingerprint density at radius 2 is 1.16 bits per heavy atom. The molecule has 9 heteroatoms. The second kappa shape index (κ2) is 8.32. The van der Waals surface area contributed by atoms with Gasteiger partial charge < -0.3 is 5.21 Å². The molecule has 0 unspecified atom stereocenters. The van der Waals surface area contributed by atoms with Gasteiger partial charge in [0.1, 0.15) is 0 Å². The van der Waals surface area contributed by atoms with Crippen molar-refractivity contribution in [1.29, 1.82) is 0 Å². The van der Waals surface area contributed by atoms with Gasteiger partial charge in [-0.25, -0.2) is 0 Å². The maximum Gasteiger partial charge on any atom is 0.417 e. The van der Waals surface area contributed by atoms with Crippen LogP contribution >= 0.6 is 0 Å². The topological polar surface area (TPSA) is 49.7 Å². The van der Waals surface area contributed by atoms with Crippen molar-refractivity contribution in [2.24, 2.45) is 5.16 Å². The maximum atomic E-state index is 12.2. The highest BCUT2D eigenvalue weighted by atomic mass is 19.4. The van der Waals surface area contributed by atoms with Crippen LogP contribution in [0.25, 0.3) is 0 Å². The van der Waals surface area contributed by atoms with Gasteiger partial charge in [0.15, 0.2) is 6.29 Å². The zero-order chi connectivity index (χ0) is 19.1. The van der Waals surface area contributed by atoms with Crippen molar-refractivity contribution in [3.63, 3.8) is 0 Å². The lowest BCUT2D eigenvalue weighted by Gasteiger charge is -2.08. The fourth-order valence-electron chi connectivity index (χ4n) is 1.79. The number of carbonyl (C=O) groups is 1. The Hall–Kier alpha value is -2.84. The Kier molecular flexibility index (Phi) is 6.72. The highest BCUT2D eigenvalue weighted by Crippen LogP contribution is 2.31. The lowest BCUT2D eigenvalue weighted by atomic mass is 10.1. The molecule has 3 nitrogen and oxygen atoms in total. The zero-order valence-electron chi connectivity index (χ0n) is 12.3. The molecule has 0 saturated carbocycles. The second-order valence-electron chi connectivity index (χ2n) is 4.53. The van der Waals surface area contributed by atoms with Gasteiger partial charge in [-0.1, -0.05) is 41.6 Å². The molecule has 0 bridgehead atoms. The van der Waals surface area contributed by atoms with Crippen molar-refractivity contribution in [1.82, 2.24) is 0 Å². The van der Waals surface area contributed by atoms with Crippen molar-refractivity contribution in [2.75, 3.05) is 0 Å². The Labute approximate surface area is 138 Å². The van der Waals surface area contributed by atoms with Crippen LogP contribution in [0.5, 0.6) is 0 Å². The predicted octanol–water partition coefficient (Wildman–Crippen LogP) is 5.03. The fourth-order valence-corrected chi connectivity index (χ4v) is 1.79. The summed E-state index contributed by atoms with van der Waals surface area (Å²) in [5, 5.41) is 10.7. The number of nitrogens with zero attached hydrogens (tertiary/aromatic N) is 1. The monoisotopic (exact) mass is 363 g/mol. The van der Waals surface area contributed by atoms with Crippen LogP contribution in [0.3, 0.4) is 0 Å². The van der Waals surface area contributed by atoms with Crippen LogP contribution in [0.2, 0.25) is 0 Å². The van der Waals surface area contributed by atoms with E-state index in [9.17, 15) is 31.1 Å². The first-order chi connectivity index (χ1) is 11.6. The summed E-state index contributed by atoms with van der Waals surface area (Å²) in [6.07, 6.45) is -7.92. The van der Waals surface area contributed by atoms with Gasteiger partial charge in [-0.2, -0.15) is 26.3 Å². The van der Waals surface area contributed by atoms with E-state index in [1.165, 1.54) is 30.3 Å². The van der Waals surface area contributed by atoms with Crippen LogP contribution < -0.4 is 0 Å². The number of oxime groups is 1. The number of hydrogen-bond donors (Lipinski definition) is 1. The largest absolute Gasteiger partial charge is 0.417 e. The van der Waals surface area contributed by atoms with Crippen molar-refractivity contribution in [2.45, 2.75) is 12.4 Å². The first-order valence-corrected chi connectivity index (χ1v) is 6.56. The van der Waals surface area contributed by atoms with Crippen LogP contribution in [0.1, 0.15) is 27.0 Å². The average molecular weight is 363 g/mol. The van der Waals surface area contributed by atoms with Crippen LogP contribution in [0, 0.1) is 0 Å². The first-order valence-electron chi connectivity index (χ1n) is 6.56. The molecule has 0 aliphatic carbocycles. The number of alkyl halides is 6. The molecular weight excluding hydrogens is 352 g/mol. The first kappa shape index (κ1) is 20.2. The van der Waals surface area contributed by atoms with E-state index in [4.69, 9.17) is 5.21 Å². The van der Waals surface area contributed by atoms with Gasteiger partial charge in [-0.05, 0) is 12.1 Å². The summed E-state index contributed by atoms with van der Waals surface area (Å²) in [7, 11) is 0. The molecular formula is C16H11F6NO2. The highest BCUT2D eigenvalue weighted by molar-refractivity contribution is 5.81. The lowest BCUT2D eigenvalue weighted by molar-refractivity contribution is -0.138. The van der Waals surface area contributed by atoms with E-state index in [0.717, 1.165) is 24.4 Å². The average Bonchev–Trinajstić information content (AvgIpc) is 2.54. The summed E-state index contributed by atoms with van der Waals surface area (Å²) in [5.74, 6) is 0. The number of aldehydes is 1. The molecule has 1 N–H and O–H groups in total. The summed E-state index contributed by atoms with van der Waals surface area (Å²) in [6.45, 7) is 0. The van der Waals surface area contributed by atoms with Gasteiger partial charge in [-0.3, -0.25) is 4.79 Å². The molecule has 0 aromatic heterocycles. The third kappa shape index (κ3) is 5.94. The standard InChI is InChI=1S/C8H6F3NO.C8H5F3O/c9-8(10,11)7-4-2-1-3-6(7)5-12-13;9-8(10,11)7-4-2-1-3-6(7)5-12/h1-5,13H;1-5H. The highest BCUT2D eigenvalue weighted by Gasteiger charge is 2.33. The summed E-state index contributed by atoms with van der Waals surface area (Å²) in [6, 6.07) is 9.51. The van der Waals surface area contributed by atoms with E-state index < -0.39 is 23.5 Å². The summed E-state index contributed by atoms with van der Waals surface area (Å²) >= 11 is 0. The van der Waals surface area contributed by atoms with E-state index in [2.05, 4.69) is 5.16 Å². The van der Waals surface area contributed by atoms with Crippen molar-refractivity contribution >= 4 is 12.5 Å². The summed E-state index contributed by atoms with van der Waals surface area (Å²) < 4.78 is 72.9. The summed E-state index contributed by atoms with van der Waals surface area (Å²) in [5.41, 5.74) is -2.18. The summed E-state index contributed by atoms with van der Waals surface area (Å²) in [4.78, 5) is 10.2. The molecule has 2 aromatic rings. The number of hydrogen-bond acceptors (Lipinski definition) is 3. The van der Waals surface area contributed by atoms with Gasteiger partial charge in [0, 0.05) is 11.1 Å². The smallest absolute Gasteiger partial charge is 0.411 e. The molecule has 2 rings (SSSR count). The molecule has 0 spiro atoms. The Bertz CT molecular complexity index is 738. The van der Waals surface area contributed by atoms with Gasteiger partial charge in [-0.15, -0.1) is 0 Å². The molecule has 0 radical (unpaired) electrons. The number of carbonyl (C=O) groups excluding carboxylic acids is 1. The molecule has 134 valence electrons. The molecule has 0 fully saturated rings. The maximum absolute atomic E-state index is 12.2. The van der Waals surface area contributed by atoms with Gasteiger partial charge in [0.25, 0.3) is 0 Å². The van der Waals surface area contributed by atoms with E-state index >= 15 is 0 Å². The van der Waals surface area contributed by atoms with Crippen molar-refractivity contribution < 1.29 is 36.3 Å². The minimum atomic E-state index is -4.45.